The molecule has 0 N–H and O–H groups in total. The average molecular weight is 339 g/mol. The molecule has 0 aliphatic carbocycles. The van der Waals surface area contributed by atoms with Crippen LogP contribution in [0.3, 0.4) is 0 Å². The fraction of sp³-hybridized carbons (Fsp3) is 0.133. The van der Waals surface area contributed by atoms with E-state index in [9.17, 15) is 9.18 Å². The maximum absolute atomic E-state index is 13.0. The summed E-state index contributed by atoms with van der Waals surface area (Å²) in [5.74, 6) is -0.190. The van der Waals surface area contributed by atoms with E-state index in [2.05, 4.69) is 15.9 Å². The van der Waals surface area contributed by atoms with Crippen molar-refractivity contribution in [2.24, 2.45) is 0 Å². The topological polar surface area (TPSA) is 35.5 Å². The van der Waals surface area contributed by atoms with Gasteiger partial charge in [0.15, 0.2) is 11.5 Å². The Morgan fingerprint density at radius 3 is 2.55 bits per heavy atom. The maximum atomic E-state index is 13.0. The van der Waals surface area contributed by atoms with E-state index in [0.717, 1.165) is 0 Å². The van der Waals surface area contributed by atoms with Crippen molar-refractivity contribution in [1.29, 1.82) is 0 Å². The fourth-order valence-electron chi connectivity index (χ4n) is 1.62. The van der Waals surface area contributed by atoms with Crippen LogP contribution in [0.4, 0.5) is 4.39 Å². The molecule has 0 bridgehead atoms. The molecule has 0 spiro atoms. The Hall–Kier alpha value is -1.88. The van der Waals surface area contributed by atoms with Gasteiger partial charge in [0.1, 0.15) is 5.82 Å². The summed E-state index contributed by atoms with van der Waals surface area (Å²) in [5.41, 5.74) is 0.248. The van der Waals surface area contributed by atoms with E-state index in [4.69, 9.17) is 9.47 Å². The van der Waals surface area contributed by atoms with Crippen LogP contribution >= 0.6 is 15.9 Å². The van der Waals surface area contributed by atoms with Crippen molar-refractivity contribution in [3.8, 4) is 11.5 Å². The summed E-state index contributed by atoms with van der Waals surface area (Å²) in [6, 6.07) is 10.7. The molecule has 2 rings (SSSR count). The van der Waals surface area contributed by atoms with E-state index in [-0.39, 0.29) is 5.56 Å². The monoisotopic (exact) mass is 338 g/mol. The molecule has 0 saturated carbocycles. The van der Waals surface area contributed by atoms with Gasteiger partial charge in [-0.05, 0) is 53.2 Å². The van der Waals surface area contributed by atoms with Gasteiger partial charge in [0.2, 0.25) is 0 Å². The number of halogens is 2. The molecule has 2 aromatic rings. The summed E-state index contributed by atoms with van der Waals surface area (Å²) in [7, 11) is 0. The smallest absolute Gasteiger partial charge is 0.344 e. The summed E-state index contributed by atoms with van der Waals surface area (Å²) in [5, 5.41) is 0. The zero-order chi connectivity index (χ0) is 14.5. The van der Waals surface area contributed by atoms with E-state index in [0.29, 0.717) is 22.6 Å². The van der Waals surface area contributed by atoms with E-state index >= 15 is 0 Å². The van der Waals surface area contributed by atoms with E-state index < -0.39 is 11.8 Å². The fourth-order valence-corrected chi connectivity index (χ4v) is 2.13. The van der Waals surface area contributed by atoms with Gasteiger partial charge in [-0.1, -0.05) is 12.1 Å². The van der Waals surface area contributed by atoms with Crippen LogP contribution in [-0.4, -0.2) is 12.6 Å². The first-order chi connectivity index (χ1) is 9.61. The van der Waals surface area contributed by atoms with Crippen molar-refractivity contribution in [3.05, 3.63) is 58.3 Å². The Morgan fingerprint density at radius 1 is 1.20 bits per heavy atom. The minimum Gasteiger partial charge on any atom is -0.490 e. The maximum Gasteiger partial charge on any atom is 0.344 e. The Bertz CT molecular complexity index is 628. The van der Waals surface area contributed by atoms with E-state index in [1.165, 1.54) is 18.2 Å². The lowest BCUT2D eigenvalue weighted by Crippen LogP contribution is -2.10. The van der Waals surface area contributed by atoms with Crippen LogP contribution in [0.25, 0.3) is 0 Å². The van der Waals surface area contributed by atoms with Crippen LogP contribution < -0.4 is 9.47 Å². The molecule has 104 valence electrons. The van der Waals surface area contributed by atoms with Crippen LogP contribution in [0.15, 0.2) is 46.9 Å². The molecule has 20 heavy (non-hydrogen) atoms. The lowest BCUT2D eigenvalue weighted by molar-refractivity contribution is 0.0727. The van der Waals surface area contributed by atoms with Crippen molar-refractivity contribution in [2.75, 3.05) is 6.61 Å². The number of para-hydroxylation sites is 2. The Labute approximate surface area is 124 Å². The highest BCUT2D eigenvalue weighted by Crippen LogP contribution is 2.28. The van der Waals surface area contributed by atoms with Gasteiger partial charge >= 0.3 is 5.97 Å². The molecule has 5 heteroatoms. The predicted molar refractivity (Wildman–Crippen MR) is 76.7 cm³/mol. The second-order valence-corrected chi connectivity index (χ2v) is 4.75. The Kier molecular flexibility index (Phi) is 4.74. The normalized spacial score (nSPS) is 10.2. The number of carbonyl (C=O) groups is 1. The molecular weight excluding hydrogens is 327 g/mol. The third kappa shape index (κ3) is 3.36. The third-order valence-corrected chi connectivity index (χ3v) is 3.16. The Morgan fingerprint density at radius 2 is 1.90 bits per heavy atom. The molecule has 0 heterocycles. The highest BCUT2D eigenvalue weighted by molar-refractivity contribution is 9.10. The molecule has 0 unspecified atom stereocenters. The molecule has 0 fully saturated rings. The predicted octanol–water partition coefficient (Wildman–Crippen LogP) is 4.21. The van der Waals surface area contributed by atoms with Crippen molar-refractivity contribution in [3.63, 3.8) is 0 Å². The molecule has 2 aromatic carbocycles. The van der Waals surface area contributed by atoms with Crippen molar-refractivity contribution in [2.45, 2.75) is 6.92 Å². The zero-order valence-electron chi connectivity index (χ0n) is 10.7. The molecule has 0 aliphatic heterocycles. The number of esters is 1. The van der Waals surface area contributed by atoms with E-state index in [1.54, 1.807) is 24.3 Å². The summed E-state index contributed by atoms with van der Waals surface area (Å²) in [6.45, 7) is 2.31. The largest absolute Gasteiger partial charge is 0.490 e. The number of hydrogen-bond acceptors (Lipinski definition) is 3. The SMILES string of the molecule is CCOc1ccccc1OC(=O)c1ccc(F)cc1Br. The number of carbonyl (C=O) groups excluding carboxylic acids is 1. The molecule has 3 nitrogen and oxygen atoms in total. The molecule has 0 atom stereocenters. The zero-order valence-corrected chi connectivity index (χ0v) is 12.3. The second-order valence-electron chi connectivity index (χ2n) is 3.89. The van der Waals surface area contributed by atoms with Crippen LogP contribution in [0.2, 0.25) is 0 Å². The number of benzene rings is 2. The quantitative estimate of drug-likeness (QED) is 0.618. The Balaban J connectivity index is 2.23. The van der Waals surface area contributed by atoms with Crippen LogP contribution in [0.1, 0.15) is 17.3 Å². The van der Waals surface area contributed by atoms with Crippen LogP contribution in [0, 0.1) is 5.82 Å². The van der Waals surface area contributed by atoms with E-state index in [1.807, 2.05) is 6.92 Å². The third-order valence-electron chi connectivity index (χ3n) is 2.50. The molecular formula is C15H12BrFO3. The minimum absolute atomic E-state index is 0.248. The second kappa shape index (κ2) is 6.52. The summed E-state index contributed by atoms with van der Waals surface area (Å²) in [4.78, 5) is 12.1. The summed E-state index contributed by atoms with van der Waals surface area (Å²) >= 11 is 3.14. The molecule has 0 radical (unpaired) electrons. The molecule has 0 amide bonds. The van der Waals surface area contributed by atoms with Crippen molar-refractivity contribution >= 4 is 21.9 Å². The minimum atomic E-state index is -0.580. The average Bonchev–Trinajstić information content (AvgIpc) is 2.41. The van der Waals surface area contributed by atoms with Crippen LogP contribution in [-0.2, 0) is 0 Å². The standard InChI is InChI=1S/C15H12BrFO3/c1-2-19-13-5-3-4-6-14(13)20-15(18)11-8-7-10(17)9-12(11)16/h3-9H,2H2,1H3. The number of ether oxygens (including phenoxy) is 2. The first kappa shape index (κ1) is 14.5. The van der Waals surface area contributed by atoms with Gasteiger partial charge < -0.3 is 9.47 Å². The van der Waals surface area contributed by atoms with Gasteiger partial charge in [0, 0.05) is 4.47 Å². The summed E-state index contributed by atoms with van der Waals surface area (Å²) < 4.78 is 24.0. The lowest BCUT2D eigenvalue weighted by Gasteiger charge is -2.10. The van der Waals surface area contributed by atoms with Gasteiger partial charge in [-0.2, -0.15) is 0 Å². The van der Waals surface area contributed by atoms with Gasteiger partial charge in [0.25, 0.3) is 0 Å². The number of hydrogen-bond donors (Lipinski definition) is 0. The molecule has 0 aromatic heterocycles. The highest BCUT2D eigenvalue weighted by atomic mass is 79.9. The highest BCUT2D eigenvalue weighted by Gasteiger charge is 2.15. The van der Waals surface area contributed by atoms with Gasteiger partial charge in [-0.25, -0.2) is 9.18 Å². The van der Waals surface area contributed by atoms with Gasteiger partial charge in [-0.15, -0.1) is 0 Å². The molecule has 0 aliphatic rings. The van der Waals surface area contributed by atoms with Gasteiger partial charge in [-0.3, -0.25) is 0 Å². The van der Waals surface area contributed by atoms with Crippen LogP contribution in [0.5, 0.6) is 11.5 Å². The van der Waals surface area contributed by atoms with Crippen molar-refractivity contribution in [1.82, 2.24) is 0 Å². The van der Waals surface area contributed by atoms with Gasteiger partial charge in [0.05, 0.1) is 12.2 Å². The van der Waals surface area contributed by atoms with Crippen molar-refractivity contribution < 1.29 is 18.7 Å². The number of rotatable bonds is 4. The first-order valence-electron chi connectivity index (χ1n) is 6.01. The lowest BCUT2D eigenvalue weighted by atomic mass is 10.2. The first-order valence-corrected chi connectivity index (χ1v) is 6.80. The summed E-state index contributed by atoms with van der Waals surface area (Å²) in [6.07, 6.45) is 0. The molecule has 0 saturated heterocycles.